The van der Waals surface area contributed by atoms with Crippen molar-refractivity contribution in [3.8, 4) is 11.5 Å². The van der Waals surface area contributed by atoms with Gasteiger partial charge in [0.2, 0.25) is 5.75 Å². The molecule has 1 saturated heterocycles. The van der Waals surface area contributed by atoms with Crippen LogP contribution in [-0.2, 0) is 9.53 Å². The van der Waals surface area contributed by atoms with Crippen molar-refractivity contribution in [1.29, 1.82) is 0 Å². The van der Waals surface area contributed by atoms with E-state index in [9.17, 15) is 24.8 Å². The number of urea groups is 1. The van der Waals surface area contributed by atoms with Crippen molar-refractivity contribution in [2.75, 3.05) is 14.2 Å². The molecule has 1 aromatic carbocycles. The third-order valence-corrected chi connectivity index (χ3v) is 3.58. The molecule has 1 aliphatic rings. The minimum atomic E-state index is -1.01. The molecule has 24 heavy (non-hydrogen) atoms. The van der Waals surface area contributed by atoms with Crippen LogP contribution >= 0.6 is 0 Å². The molecule has 1 aromatic rings. The second-order valence-electron chi connectivity index (χ2n) is 4.95. The Labute approximate surface area is 136 Å². The lowest BCUT2D eigenvalue weighted by Crippen LogP contribution is -2.51. The van der Waals surface area contributed by atoms with Crippen LogP contribution in [0.25, 0.3) is 0 Å². The van der Waals surface area contributed by atoms with Gasteiger partial charge < -0.3 is 25.2 Å². The van der Waals surface area contributed by atoms with Gasteiger partial charge in [-0.2, -0.15) is 0 Å². The number of ether oxygens (including phenoxy) is 2. The summed E-state index contributed by atoms with van der Waals surface area (Å²) in [5.74, 6) is -2.52. The summed E-state index contributed by atoms with van der Waals surface area (Å²) in [7, 11) is 2.39. The molecule has 0 saturated carbocycles. The number of amides is 2. The Balaban J connectivity index is 2.59. The van der Waals surface area contributed by atoms with Crippen molar-refractivity contribution < 1.29 is 29.1 Å². The maximum atomic E-state index is 12.0. The summed E-state index contributed by atoms with van der Waals surface area (Å²) >= 11 is 0. The molecular weight excluding hydrogens is 322 g/mol. The molecule has 0 aromatic heterocycles. The summed E-state index contributed by atoms with van der Waals surface area (Å²) < 4.78 is 9.62. The number of benzene rings is 1. The molecule has 2 rings (SSSR count). The average molecular weight is 337 g/mol. The van der Waals surface area contributed by atoms with E-state index in [0.29, 0.717) is 0 Å². The highest BCUT2D eigenvalue weighted by Crippen LogP contribution is 2.41. The van der Waals surface area contributed by atoms with Gasteiger partial charge in [-0.15, -0.1) is 0 Å². The van der Waals surface area contributed by atoms with Crippen LogP contribution in [0.1, 0.15) is 11.6 Å². The first-order chi connectivity index (χ1) is 11.3. The van der Waals surface area contributed by atoms with Crippen LogP contribution in [0.2, 0.25) is 0 Å². The van der Waals surface area contributed by atoms with E-state index in [4.69, 9.17) is 9.47 Å². The predicted octanol–water partition coefficient (Wildman–Crippen LogP) is 0.966. The van der Waals surface area contributed by atoms with E-state index in [-0.39, 0.29) is 17.0 Å². The van der Waals surface area contributed by atoms with Gasteiger partial charge in [0.25, 0.3) is 0 Å². The van der Waals surface area contributed by atoms with Crippen LogP contribution in [0.4, 0.5) is 10.5 Å². The Morgan fingerprint density at radius 3 is 2.62 bits per heavy atom. The molecule has 0 spiro atoms. The number of nitrogens with one attached hydrogen (secondary N) is 2. The average Bonchev–Trinajstić information content (AvgIpc) is 2.53. The molecule has 128 valence electrons. The number of carbonyl (C=O) groups is 2. The van der Waals surface area contributed by atoms with Gasteiger partial charge in [-0.3, -0.25) is 14.9 Å². The highest BCUT2D eigenvalue weighted by molar-refractivity contribution is 5.85. The lowest BCUT2D eigenvalue weighted by atomic mass is 9.88. The first kappa shape index (κ1) is 17.1. The summed E-state index contributed by atoms with van der Waals surface area (Å²) in [6.07, 6.45) is 0. The van der Waals surface area contributed by atoms with Gasteiger partial charge in [0.15, 0.2) is 5.75 Å². The van der Waals surface area contributed by atoms with E-state index < -0.39 is 40.3 Å². The number of hydrogen-bond acceptors (Lipinski definition) is 7. The highest BCUT2D eigenvalue weighted by Gasteiger charge is 2.40. The molecule has 2 unspecified atom stereocenters. The van der Waals surface area contributed by atoms with Crippen LogP contribution in [0, 0.1) is 16.0 Å². The van der Waals surface area contributed by atoms with Crippen LogP contribution in [-0.4, -0.2) is 36.2 Å². The van der Waals surface area contributed by atoms with Crippen LogP contribution in [0.15, 0.2) is 24.4 Å². The van der Waals surface area contributed by atoms with Crippen molar-refractivity contribution in [2.24, 2.45) is 5.92 Å². The Kier molecular flexibility index (Phi) is 4.58. The summed E-state index contributed by atoms with van der Waals surface area (Å²) in [5, 5.41) is 25.8. The number of esters is 1. The van der Waals surface area contributed by atoms with Gasteiger partial charge in [0.1, 0.15) is 5.92 Å². The zero-order valence-corrected chi connectivity index (χ0v) is 12.9. The number of methoxy groups -OCH3 is 2. The fraction of sp³-hybridized carbons (Fsp3) is 0.286. The first-order valence-electron chi connectivity index (χ1n) is 6.69. The van der Waals surface area contributed by atoms with Crippen molar-refractivity contribution in [3.63, 3.8) is 0 Å². The van der Waals surface area contributed by atoms with E-state index in [0.717, 1.165) is 6.07 Å². The summed E-state index contributed by atoms with van der Waals surface area (Å²) in [5.41, 5.74) is -0.348. The standard InChI is InChI=1S/C14H15N3O7/c1-6-10(13(19)24-3)11(16-14(20)15-6)7-4-8(17(21)22)12(18)9(5-7)23-2/h4-5,10-11,18H,1H2,2-3H3,(H2,15,16,20). The molecule has 0 aliphatic carbocycles. The van der Waals surface area contributed by atoms with Gasteiger partial charge >= 0.3 is 17.7 Å². The van der Waals surface area contributed by atoms with Crippen LogP contribution < -0.4 is 15.4 Å². The minimum absolute atomic E-state index is 0.0882. The lowest BCUT2D eigenvalue weighted by molar-refractivity contribution is -0.386. The number of nitro benzene ring substituents is 1. The van der Waals surface area contributed by atoms with Gasteiger partial charge in [0, 0.05) is 11.8 Å². The maximum absolute atomic E-state index is 12.0. The molecule has 2 atom stereocenters. The predicted molar refractivity (Wildman–Crippen MR) is 80.4 cm³/mol. The van der Waals surface area contributed by atoms with Crippen LogP contribution in [0.5, 0.6) is 11.5 Å². The van der Waals surface area contributed by atoms with Crippen molar-refractivity contribution in [3.05, 3.63) is 40.1 Å². The number of aromatic hydroxyl groups is 1. The van der Waals surface area contributed by atoms with Gasteiger partial charge in [-0.05, 0) is 11.6 Å². The number of nitrogens with zero attached hydrogens (tertiary/aromatic N) is 1. The van der Waals surface area contributed by atoms with E-state index in [2.05, 4.69) is 17.2 Å². The summed E-state index contributed by atoms with van der Waals surface area (Å²) in [6.45, 7) is 3.62. The number of hydrogen-bond donors (Lipinski definition) is 3. The highest BCUT2D eigenvalue weighted by atomic mass is 16.6. The van der Waals surface area contributed by atoms with Gasteiger partial charge in [0.05, 0.1) is 25.2 Å². The smallest absolute Gasteiger partial charge is 0.319 e. The monoisotopic (exact) mass is 337 g/mol. The normalized spacial score (nSPS) is 19.9. The Morgan fingerprint density at radius 1 is 1.42 bits per heavy atom. The SMILES string of the molecule is C=C1NC(=O)NC(c2cc(OC)c(O)c([N+](=O)[O-])c2)C1C(=O)OC. The molecule has 10 nitrogen and oxygen atoms in total. The quantitative estimate of drug-likeness (QED) is 0.422. The fourth-order valence-corrected chi connectivity index (χ4v) is 2.45. The van der Waals surface area contributed by atoms with E-state index in [1.807, 2.05) is 0 Å². The third kappa shape index (κ3) is 2.93. The minimum Gasteiger partial charge on any atom is -0.500 e. The molecule has 0 bridgehead atoms. The molecule has 2 amide bonds. The maximum Gasteiger partial charge on any atom is 0.319 e. The van der Waals surface area contributed by atoms with E-state index >= 15 is 0 Å². The van der Waals surface area contributed by atoms with E-state index in [1.165, 1.54) is 20.3 Å². The van der Waals surface area contributed by atoms with Gasteiger partial charge in [-0.25, -0.2) is 4.79 Å². The van der Waals surface area contributed by atoms with Crippen LogP contribution in [0.3, 0.4) is 0 Å². The van der Waals surface area contributed by atoms with Crippen molar-refractivity contribution in [2.45, 2.75) is 6.04 Å². The van der Waals surface area contributed by atoms with Crippen molar-refractivity contribution in [1.82, 2.24) is 10.6 Å². The summed E-state index contributed by atoms with van der Waals surface area (Å²) in [6, 6.07) is 0.742. The molecule has 10 heteroatoms. The zero-order valence-electron chi connectivity index (χ0n) is 12.9. The summed E-state index contributed by atoms with van der Waals surface area (Å²) in [4.78, 5) is 34.0. The molecule has 0 radical (unpaired) electrons. The molecule has 1 heterocycles. The number of phenolic OH excluding ortho intramolecular Hbond substituents is 1. The Morgan fingerprint density at radius 2 is 2.08 bits per heavy atom. The number of rotatable bonds is 4. The van der Waals surface area contributed by atoms with Gasteiger partial charge in [-0.1, -0.05) is 6.58 Å². The lowest BCUT2D eigenvalue weighted by Gasteiger charge is -2.33. The first-order valence-corrected chi connectivity index (χ1v) is 6.69. The molecular formula is C14H15N3O7. The largest absolute Gasteiger partial charge is 0.500 e. The number of nitro groups is 1. The number of phenols is 1. The second-order valence-corrected chi connectivity index (χ2v) is 4.95. The molecule has 1 fully saturated rings. The van der Waals surface area contributed by atoms with E-state index in [1.54, 1.807) is 0 Å². The number of carbonyl (C=O) groups excluding carboxylic acids is 2. The van der Waals surface area contributed by atoms with Crippen molar-refractivity contribution >= 4 is 17.7 Å². The molecule has 1 aliphatic heterocycles. The topological polar surface area (TPSA) is 140 Å². The third-order valence-electron chi connectivity index (χ3n) is 3.58. The Hall–Kier alpha value is -3.30. The fourth-order valence-electron chi connectivity index (χ4n) is 2.45. The Bertz CT molecular complexity index is 731. The molecule has 3 N–H and O–H groups in total. The zero-order chi connectivity index (χ0) is 18.0. The second kappa shape index (κ2) is 6.44.